The number of carbonyl (C=O) groups is 1. The van der Waals surface area contributed by atoms with Crippen molar-refractivity contribution < 1.29 is 23.8 Å². The Morgan fingerprint density at radius 1 is 1.24 bits per heavy atom. The molecular weight excluding hydrogens is 272 g/mol. The van der Waals surface area contributed by atoms with E-state index in [0.29, 0.717) is 17.9 Å². The van der Waals surface area contributed by atoms with Crippen LogP contribution in [0, 0.1) is 0 Å². The first-order chi connectivity index (χ1) is 10.1. The highest BCUT2D eigenvalue weighted by Crippen LogP contribution is 2.24. The average Bonchev–Trinajstić information content (AvgIpc) is 2.99. The number of benzene rings is 1. The zero-order valence-corrected chi connectivity index (χ0v) is 12.0. The summed E-state index contributed by atoms with van der Waals surface area (Å²) >= 11 is 0. The van der Waals surface area contributed by atoms with Crippen molar-refractivity contribution in [1.82, 2.24) is 0 Å². The highest BCUT2D eigenvalue weighted by Gasteiger charge is 2.16. The first-order valence-corrected chi connectivity index (χ1v) is 6.68. The number of rotatable bonds is 6. The largest absolute Gasteiger partial charge is 0.483 e. The Morgan fingerprint density at radius 3 is 2.57 bits per heavy atom. The number of hydrogen-bond donors (Lipinski definition) is 1. The second-order valence-corrected chi connectivity index (χ2v) is 4.57. The van der Waals surface area contributed by atoms with E-state index < -0.39 is 5.97 Å². The van der Waals surface area contributed by atoms with Crippen molar-refractivity contribution in [2.24, 2.45) is 0 Å². The molecule has 1 atom stereocenters. The van der Waals surface area contributed by atoms with Crippen molar-refractivity contribution in [2.75, 3.05) is 13.7 Å². The molecule has 0 saturated carbocycles. The predicted molar refractivity (Wildman–Crippen MR) is 76.3 cm³/mol. The van der Waals surface area contributed by atoms with E-state index in [1.165, 1.54) is 7.11 Å². The first kappa shape index (κ1) is 15.1. The van der Waals surface area contributed by atoms with Gasteiger partial charge in [0.15, 0.2) is 6.10 Å². The van der Waals surface area contributed by atoms with E-state index in [1.54, 1.807) is 12.1 Å². The summed E-state index contributed by atoms with van der Waals surface area (Å²) in [7, 11) is 1.30. The lowest BCUT2D eigenvalue weighted by atomic mass is 10.1. The van der Waals surface area contributed by atoms with Crippen LogP contribution in [0.3, 0.4) is 0 Å². The van der Waals surface area contributed by atoms with Crippen molar-refractivity contribution in [3.63, 3.8) is 0 Å². The summed E-state index contributed by atoms with van der Waals surface area (Å²) in [6, 6.07) is 10.7. The van der Waals surface area contributed by atoms with Crippen LogP contribution in [0.2, 0.25) is 0 Å². The number of aliphatic hydroxyl groups is 1. The van der Waals surface area contributed by atoms with Crippen molar-refractivity contribution in [1.29, 1.82) is 0 Å². The second kappa shape index (κ2) is 6.95. The van der Waals surface area contributed by atoms with Crippen LogP contribution in [-0.4, -0.2) is 24.8 Å². The second-order valence-electron chi connectivity index (χ2n) is 4.57. The fourth-order valence-corrected chi connectivity index (χ4v) is 1.91. The summed E-state index contributed by atoms with van der Waals surface area (Å²) in [5, 5.41) is 8.87. The van der Waals surface area contributed by atoms with Crippen LogP contribution in [0.15, 0.2) is 40.8 Å². The van der Waals surface area contributed by atoms with Gasteiger partial charge in [-0.2, -0.15) is 0 Å². The van der Waals surface area contributed by atoms with Crippen molar-refractivity contribution in [3.05, 3.63) is 53.5 Å². The van der Waals surface area contributed by atoms with Gasteiger partial charge in [0.25, 0.3) is 0 Å². The molecule has 0 aliphatic rings. The molecule has 1 N–H and O–H groups in total. The molecule has 2 aromatic rings. The Balaban J connectivity index is 2.01. The Kier molecular flexibility index (Phi) is 5.00. The molecule has 5 nitrogen and oxygen atoms in total. The summed E-state index contributed by atoms with van der Waals surface area (Å²) in [5.41, 5.74) is 1.04. The van der Waals surface area contributed by atoms with E-state index in [1.807, 2.05) is 31.2 Å². The number of ether oxygens (including phenoxy) is 2. The van der Waals surface area contributed by atoms with Gasteiger partial charge in [0, 0.05) is 6.61 Å². The van der Waals surface area contributed by atoms with E-state index in [-0.39, 0.29) is 18.5 Å². The number of furan rings is 1. The lowest BCUT2D eigenvalue weighted by Gasteiger charge is -2.12. The van der Waals surface area contributed by atoms with Gasteiger partial charge in [-0.25, -0.2) is 4.79 Å². The molecular formula is C16H18O5. The average molecular weight is 290 g/mol. The van der Waals surface area contributed by atoms with Crippen molar-refractivity contribution >= 4 is 5.97 Å². The fourth-order valence-electron chi connectivity index (χ4n) is 1.91. The number of hydrogen-bond acceptors (Lipinski definition) is 5. The van der Waals surface area contributed by atoms with Gasteiger partial charge in [0.05, 0.1) is 7.11 Å². The zero-order chi connectivity index (χ0) is 15.2. The van der Waals surface area contributed by atoms with E-state index in [9.17, 15) is 4.79 Å². The van der Waals surface area contributed by atoms with Gasteiger partial charge in [-0.05, 0) is 43.2 Å². The lowest BCUT2D eigenvalue weighted by molar-refractivity contribution is 0.0558. The molecule has 5 heteroatoms. The molecule has 21 heavy (non-hydrogen) atoms. The predicted octanol–water partition coefficient (Wildman–Crippen LogP) is 2.74. The maximum atomic E-state index is 11.3. The monoisotopic (exact) mass is 290 g/mol. The molecule has 0 saturated heterocycles. The van der Waals surface area contributed by atoms with Crippen molar-refractivity contribution in [2.45, 2.75) is 19.4 Å². The van der Waals surface area contributed by atoms with Crippen LogP contribution in [0.1, 0.15) is 34.9 Å². The Hall–Kier alpha value is -2.27. The maximum Gasteiger partial charge on any atom is 0.373 e. The highest BCUT2D eigenvalue weighted by molar-refractivity contribution is 5.86. The highest BCUT2D eigenvalue weighted by atomic mass is 16.5. The number of aliphatic hydroxyl groups excluding tert-OH is 1. The van der Waals surface area contributed by atoms with Gasteiger partial charge in [0.1, 0.15) is 11.5 Å². The minimum Gasteiger partial charge on any atom is -0.483 e. The molecule has 0 fully saturated rings. The molecule has 1 unspecified atom stereocenters. The Morgan fingerprint density at radius 2 is 1.95 bits per heavy atom. The quantitative estimate of drug-likeness (QED) is 0.828. The van der Waals surface area contributed by atoms with Crippen LogP contribution in [0.4, 0.5) is 0 Å². The first-order valence-electron chi connectivity index (χ1n) is 6.68. The van der Waals surface area contributed by atoms with Gasteiger partial charge in [-0.15, -0.1) is 0 Å². The summed E-state index contributed by atoms with van der Waals surface area (Å²) < 4.78 is 15.7. The third kappa shape index (κ3) is 3.86. The van der Waals surface area contributed by atoms with E-state index in [4.69, 9.17) is 14.3 Å². The number of carbonyl (C=O) groups excluding carboxylic acids is 1. The third-order valence-corrected chi connectivity index (χ3v) is 3.05. The summed E-state index contributed by atoms with van der Waals surface area (Å²) in [4.78, 5) is 11.3. The van der Waals surface area contributed by atoms with Gasteiger partial charge in [0.2, 0.25) is 5.76 Å². The normalized spacial score (nSPS) is 12.0. The van der Waals surface area contributed by atoms with Crippen LogP contribution in [0.25, 0.3) is 0 Å². The lowest BCUT2D eigenvalue weighted by Crippen LogP contribution is -2.03. The van der Waals surface area contributed by atoms with Crippen LogP contribution in [0.5, 0.6) is 5.75 Å². The molecule has 0 spiro atoms. The minimum absolute atomic E-state index is 0.124. The van der Waals surface area contributed by atoms with Gasteiger partial charge in [-0.3, -0.25) is 0 Å². The smallest absolute Gasteiger partial charge is 0.373 e. The topological polar surface area (TPSA) is 68.9 Å². The van der Waals surface area contributed by atoms with Crippen LogP contribution < -0.4 is 4.74 Å². The molecule has 0 aliphatic heterocycles. The summed E-state index contributed by atoms with van der Waals surface area (Å²) in [5.74, 6) is 0.887. The molecule has 0 aliphatic carbocycles. The molecule has 0 bridgehead atoms. The molecule has 0 radical (unpaired) electrons. The number of esters is 1. The third-order valence-electron chi connectivity index (χ3n) is 3.05. The van der Waals surface area contributed by atoms with E-state index in [0.717, 1.165) is 5.56 Å². The standard InChI is InChI=1S/C16H18O5/c1-11(14-7-8-15(21-14)16(18)19-2)20-13-5-3-12(4-6-13)9-10-17/h3-8,11,17H,9-10H2,1-2H3. The van der Waals surface area contributed by atoms with Crippen LogP contribution >= 0.6 is 0 Å². The minimum atomic E-state index is -0.512. The zero-order valence-electron chi connectivity index (χ0n) is 12.0. The molecule has 1 aromatic carbocycles. The van der Waals surface area contributed by atoms with Crippen LogP contribution in [-0.2, 0) is 11.2 Å². The van der Waals surface area contributed by atoms with Gasteiger partial charge < -0.3 is 19.0 Å². The van der Waals surface area contributed by atoms with Crippen molar-refractivity contribution in [3.8, 4) is 5.75 Å². The molecule has 1 aromatic heterocycles. The summed E-state index contributed by atoms with van der Waals surface area (Å²) in [6.45, 7) is 1.96. The maximum absolute atomic E-state index is 11.3. The molecule has 1 heterocycles. The van der Waals surface area contributed by atoms with Gasteiger partial charge in [-0.1, -0.05) is 12.1 Å². The van der Waals surface area contributed by atoms with E-state index in [2.05, 4.69) is 4.74 Å². The summed E-state index contributed by atoms with van der Waals surface area (Å²) in [6.07, 6.45) is 0.295. The fraction of sp³-hybridized carbons (Fsp3) is 0.312. The SMILES string of the molecule is COC(=O)c1ccc(C(C)Oc2ccc(CCO)cc2)o1. The Bertz CT molecular complexity index is 585. The Labute approximate surface area is 123 Å². The van der Waals surface area contributed by atoms with Gasteiger partial charge >= 0.3 is 5.97 Å². The molecule has 112 valence electrons. The molecule has 2 rings (SSSR count). The van der Waals surface area contributed by atoms with E-state index >= 15 is 0 Å². The molecule has 0 amide bonds. The number of methoxy groups -OCH3 is 1.